The second-order valence-electron chi connectivity index (χ2n) is 7.46. The lowest BCUT2D eigenvalue weighted by molar-refractivity contribution is -0.123. The Morgan fingerprint density at radius 2 is 1.73 bits per heavy atom. The minimum Gasteiger partial charge on any atom is -0.369 e. The molecule has 0 aromatic rings. The summed E-state index contributed by atoms with van der Waals surface area (Å²) in [5, 5.41) is 0. The van der Waals surface area contributed by atoms with Gasteiger partial charge in [-0.2, -0.15) is 0 Å². The molecular formula is C18H34N2O2. The second-order valence-corrected chi connectivity index (χ2v) is 7.46. The summed E-state index contributed by atoms with van der Waals surface area (Å²) in [7, 11) is 0. The molecule has 0 aromatic heterocycles. The van der Waals surface area contributed by atoms with Crippen molar-refractivity contribution in [2.75, 3.05) is 13.1 Å². The number of piperidine rings is 1. The Kier molecular flexibility index (Phi) is 8.08. The first-order valence-electron chi connectivity index (χ1n) is 8.87. The van der Waals surface area contributed by atoms with Crippen molar-refractivity contribution in [1.29, 1.82) is 0 Å². The number of ketones is 1. The highest BCUT2D eigenvalue weighted by atomic mass is 16.1. The summed E-state index contributed by atoms with van der Waals surface area (Å²) in [4.78, 5) is 25.2. The number of unbranched alkanes of at least 4 members (excludes halogenated alkanes) is 2. The number of nitrogens with two attached hydrogens (primary N) is 1. The molecule has 2 N–H and O–H groups in total. The Morgan fingerprint density at radius 1 is 1.09 bits per heavy atom. The van der Waals surface area contributed by atoms with Gasteiger partial charge < -0.3 is 10.5 Å². The van der Waals surface area contributed by atoms with E-state index in [0.29, 0.717) is 6.42 Å². The fourth-order valence-corrected chi connectivity index (χ4v) is 3.52. The zero-order valence-corrected chi connectivity index (χ0v) is 14.7. The van der Waals surface area contributed by atoms with Gasteiger partial charge in [0.25, 0.3) is 0 Å². The molecule has 0 aromatic carbocycles. The van der Waals surface area contributed by atoms with Gasteiger partial charge in [0.2, 0.25) is 5.91 Å². The normalized spacial score (nSPS) is 18.1. The van der Waals surface area contributed by atoms with E-state index >= 15 is 0 Å². The third kappa shape index (κ3) is 6.91. The lowest BCUT2D eigenvalue weighted by Crippen LogP contribution is -2.48. The van der Waals surface area contributed by atoms with Crippen molar-refractivity contribution in [2.24, 2.45) is 11.7 Å². The van der Waals surface area contributed by atoms with E-state index in [2.05, 4.69) is 18.7 Å². The molecule has 0 aliphatic carbocycles. The van der Waals surface area contributed by atoms with Crippen LogP contribution in [0.4, 0.5) is 0 Å². The number of rotatable bonds is 10. The molecule has 1 rings (SSSR count). The topological polar surface area (TPSA) is 63.4 Å². The van der Waals surface area contributed by atoms with Crippen molar-refractivity contribution in [3.8, 4) is 0 Å². The average molecular weight is 310 g/mol. The number of carbonyl (C=O) groups excluding carboxylic acids is 2. The van der Waals surface area contributed by atoms with Crippen LogP contribution >= 0.6 is 0 Å². The van der Waals surface area contributed by atoms with Crippen LogP contribution in [0.2, 0.25) is 0 Å². The average Bonchev–Trinajstić information content (AvgIpc) is 2.46. The molecule has 1 atom stereocenters. The van der Waals surface area contributed by atoms with Gasteiger partial charge in [0, 0.05) is 17.9 Å². The molecule has 0 saturated carbocycles. The molecule has 1 unspecified atom stereocenters. The van der Waals surface area contributed by atoms with Crippen LogP contribution in [0, 0.1) is 5.92 Å². The molecule has 1 fully saturated rings. The van der Waals surface area contributed by atoms with E-state index in [1.165, 1.54) is 19.3 Å². The van der Waals surface area contributed by atoms with Gasteiger partial charge in [-0.05, 0) is 66.0 Å². The van der Waals surface area contributed by atoms with Gasteiger partial charge in [0.1, 0.15) is 5.78 Å². The van der Waals surface area contributed by atoms with Crippen LogP contribution in [0.15, 0.2) is 0 Å². The van der Waals surface area contributed by atoms with Gasteiger partial charge in [-0.1, -0.05) is 19.3 Å². The van der Waals surface area contributed by atoms with Crippen LogP contribution < -0.4 is 5.73 Å². The molecule has 22 heavy (non-hydrogen) atoms. The number of carbonyl (C=O) groups is 2. The van der Waals surface area contributed by atoms with Gasteiger partial charge in [0.15, 0.2) is 0 Å². The third-order valence-corrected chi connectivity index (χ3v) is 4.94. The molecule has 128 valence electrons. The van der Waals surface area contributed by atoms with Crippen LogP contribution in [-0.2, 0) is 9.59 Å². The highest BCUT2D eigenvalue weighted by Gasteiger charge is 2.32. The first-order chi connectivity index (χ1) is 10.3. The standard InChI is InChI=1S/C18H34N2O2/c1-15(21)10-6-4-7-11-16(17(19)22)14-18(2,3)20-12-8-5-9-13-20/h16H,4-14H2,1-3H3,(H2,19,22). The minimum atomic E-state index is -0.170. The molecule has 0 radical (unpaired) electrons. The van der Waals surface area contributed by atoms with Gasteiger partial charge >= 0.3 is 0 Å². The van der Waals surface area contributed by atoms with Crippen LogP contribution in [0.25, 0.3) is 0 Å². The van der Waals surface area contributed by atoms with Crippen LogP contribution in [0.1, 0.15) is 78.6 Å². The van der Waals surface area contributed by atoms with Crippen molar-refractivity contribution >= 4 is 11.7 Å². The first kappa shape index (κ1) is 19.1. The quantitative estimate of drug-likeness (QED) is 0.630. The van der Waals surface area contributed by atoms with E-state index in [9.17, 15) is 9.59 Å². The number of hydrogen-bond donors (Lipinski definition) is 1. The van der Waals surface area contributed by atoms with Crippen LogP contribution in [0.5, 0.6) is 0 Å². The molecule has 1 aliphatic rings. The summed E-state index contributed by atoms with van der Waals surface area (Å²) in [6.07, 6.45) is 9.11. The van der Waals surface area contributed by atoms with Crippen LogP contribution in [-0.4, -0.2) is 35.2 Å². The Balaban J connectivity index is 2.41. The first-order valence-corrected chi connectivity index (χ1v) is 8.87. The van der Waals surface area contributed by atoms with E-state index in [1.54, 1.807) is 6.92 Å². The number of likely N-dealkylation sites (tertiary alicyclic amines) is 1. The summed E-state index contributed by atoms with van der Waals surface area (Å²) in [5.74, 6) is 0.0311. The molecule has 1 heterocycles. The molecule has 1 aliphatic heterocycles. The molecular weight excluding hydrogens is 276 g/mol. The Hall–Kier alpha value is -0.900. The maximum atomic E-state index is 11.8. The fourth-order valence-electron chi connectivity index (χ4n) is 3.52. The van der Waals surface area contributed by atoms with E-state index in [-0.39, 0.29) is 23.1 Å². The molecule has 0 bridgehead atoms. The van der Waals surface area contributed by atoms with E-state index in [0.717, 1.165) is 45.2 Å². The Labute approximate surface area is 135 Å². The molecule has 0 spiro atoms. The summed E-state index contributed by atoms with van der Waals surface area (Å²) >= 11 is 0. The molecule has 1 amide bonds. The van der Waals surface area contributed by atoms with E-state index in [4.69, 9.17) is 5.73 Å². The predicted octanol–water partition coefficient (Wildman–Crippen LogP) is 3.28. The minimum absolute atomic E-state index is 0.0412. The predicted molar refractivity (Wildman–Crippen MR) is 90.6 cm³/mol. The number of primary amides is 1. The fraction of sp³-hybridized carbons (Fsp3) is 0.889. The summed E-state index contributed by atoms with van der Waals surface area (Å²) in [6, 6.07) is 0. The van der Waals surface area contributed by atoms with E-state index in [1.807, 2.05) is 0 Å². The second kappa shape index (κ2) is 9.29. The monoisotopic (exact) mass is 310 g/mol. The SMILES string of the molecule is CC(=O)CCCCCC(CC(C)(C)N1CCCCC1)C(N)=O. The van der Waals surface area contributed by atoms with Crippen molar-refractivity contribution in [2.45, 2.75) is 84.1 Å². The molecule has 4 heteroatoms. The highest BCUT2D eigenvalue weighted by molar-refractivity contribution is 5.76. The number of hydrogen-bond acceptors (Lipinski definition) is 3. The molecule has 1 saturated heterocycles. The summed E-state index contributed by atoms with van der Waals surface area (Å²) < 4.78 is 0. The lowest BCUT2D eigenvalue weighted by Gasteiger charge is -2.42. The van der Waals surface area contributed by atoms with Crippen molar-refractivity contribution < 1.29 is 9.59 Å². The molecule has 4 nitrogen and oxygen atoms in total. The van der Waals surface area contributed by atoms with Crippen molar-refractivity contribution in [1.82, 2.24) is 4.90 Å². The zero-order valence-electron chi connectivity index (χ0n) is 14.7. The number of Topliss-reactive ketones (excluding diaryl/α,β-unsaturated/α-hetero) is 1. The zero-order chi connectivity index (χ0) is 16.6. The summed E-state index contributed by atoms with van der Waals surface area (Å²) in [5.41, 5.74) is 5.67. The number of nitrogens with zero attached hydrogens (tertiary/aromatic N) is 1. The van der Waals surface area contributed by atoms with E-state index < -0.39 is 0 Å². The van der Waals surface area contributed by atoms with Gasteiger partial charge in [0.05, 0.1) is 0 Å². The summed E-state index contributed by atoms with van der Waals surface area (Å²) in [6.45, 7) is 8.38. The van der Waals surface area contributed by atoms with Crippen molar-refractivity contribution in [3.05, 3.63) is 0 Å². The van der Waals surface area contributed by atoms with Gasteiger partial charge in [-0.25, -0.2) is 0 Å². The smallest absolute Gasteiger partial charge is 0.220 e. The Morgan fingerprint density at radius 3 is 2.27 bits per heavy atom. The largest absolute Gasteiger partial charge is 0.369 e. The lowest BCUT2D eigenvalue weighted by atomic mass is 9.84. The van der Waals surface area contributed by atoms with Gasteiger partial charge in [-0.3, -0.25) is 9.69 Å². The highest BCUT2D eigenvalue weighted by Crippen LogP contribution is 2.29. The Bertz CT molecular complexity index is 360. The number of amides is 1. The van der Waals surface area contributed by atoms with Crippen molar-refractivity contribution in [3.63, 3.8) is 0 Å². The maximum absolute atomic E-state index is 11.8. The maximum Gasteiger partial charge on any atom is 0.220 e. The van der Waals surface area contributed by atoms with Crippen LogP contribution in [0.3, 0.4) is 0 Å². The van der Waals surface area contributed by atoms with Gasteiger partial charge in [-0.15, -0.1) is 0 Å². The third-order valence-electron chi connectivity index (χ3n) is 4.94.